The molecule has 1 aromatic carbocycles. The van der Waals surface area contributed by atoms with E-state index in [4.69, 9.17) is 5.14 Å². The van der Waals surface area contributed by atoms with Crippen molar-refractivity contribution in [2.75, 3.05) is 0 Å². The van der Waals surface area contributed by atoms with Gasteiger partial charge in [0.05, 0.1) is 11.1 Å². The van der Waals surface area contributed by atoms with Crippen LogP contribution in [-0.2, 0) is 23.1 Å². The molecule has 1 unspecified atom stereocenters. The van der Waals surface area contributed by atoms with E-state index in [1.165, 1.54) is 6.07 Å². The van der Waals surface area contributed by atoms with E-state index in [9.17, 15) is 8.42 Å². The lowest BCUT2D eigenvalue weighted by molar-refractivity contribution is 0.571. The molecule has 2 rings (SSSR count). The van der Waals surface area contributed by atoms with E-state index >= 15 is 0 Å². The Hall–Kier alpha value is -1.70. The number of hydrogen-bond donors (Lipinski definition) is 2. The molecular weight excluding hydrogens is 288 g/mol. The molecule has 0 saturated heterocycles. The Labute approximate surface area is 125 Å². The van der Waals surface area contributed by atoms with E-state index in [1.54, 1.807) is 12.1 Å². The number of nitrogens with two attached hydrogens (primary N) is 1. The lowest BCUT2D eigenvalue weighted by Gasteiger charge is -2.12. The van der Waals surface area contributed by atoms with E-state index in [1.807, 2.05) is 37.0 Å². The van der Waals surface area contributed by atoms with Crippen LogP contribution in [0.4, 0.5) is 0 Å². The number of nitrogens with one attached hydrogen (secondary N) is 1. The fourth-order valence-corrected chi connectivity index (χ4v) is 2.58. The van der Waals surface area contributed by atoms with Crippen LogP contribution >= 0.6 is 0 Å². The Morgan fingerprint density at radius 3 is 2.81 bits per heavy atom. The average Bonchev–Trinajstić information content (AvgIpc) is 2.93. The number of sulfonamides is 1. The van der Waals surface area contributed by atoms with Crippen molar-refractivity contribution in [2.45, 2.75) is 37.9 Å². The summed E-state index contributed by atoms with van der Waals surface area (Å²) < 4.78 is 24.5. The third kappa shape index (κ3) is 4.13. The highest BCUT2D eigenvalue weighted by atomic mass is 32.2. The molecular formula is C14H20N4O2S. The highest BCUT2D eigenvalue weighted by molar-refractivity contribution is 7.89. The third-order valence-corrected chi connectivity index (χ3v) is 4.23. The van der Waals surface area contributed by atoms with Crippen LogP contribution in [0.3, 0.4) is 0 Å². The van der Waals surface area contributed by atoms with E-state index in [0.29, 0.717) is 6.54 Å². The Kier molecular flexibility index (Phi) is 4.76. The minimum atomic E-state index is -3.66. The van der Waals surface area contributed by atoms with Gasteiger partial charge in [-0.1, -0.05) is 12.1 Å². The van der Waals surface area contributed by atoms with Crippen molar-refractivity contribution >= 4 is 10.0 Å². The molecule has 6 nitrogen and oxygen atoms in total. The smallest absolute Gasteiger partial charge is 0.238 e. The molecule has 3 N–H and O–H groups in total. The summed E-state index contributed by atoms with van der Waals surface area (Å²) in [5.41, 5.74) is 1.97. The maximum Gasteiger partial charge on any atom is 0.238 e. The molecule has 0 aliphatic heterocycles. The van der Waals surface area contributed by atoms with Gasteiger partial charge >= 0.3 is 0 Å². The molecule has 0 saturated carbocycles. The van der Waals surface area contributed by atoms with Gasteiger partial charge in [-0.15, -0.1) is 0 Å². The second kappa shape index (κ2) is 6.38. The fourth-order valence-electron chi connectivity index (χ4n) is 2.00. The highest BCUT2D eigenvalue weighted by Gasteiger charge is 2.10. The first-order valence-corrected chi connectivity index (χ1v) is 8.32. The zero-order valence-electron chi connectivity index (χ0n) is 12.2. The van der Waals surface area contributed by atoms with Gasteiger partial charge in [0.25, 0.3) is 0 Å². The van der Waals surface area contributed by atoms with Gasteiger partial charge in [-0.2, -0.15) is 5.10 Å². The SMILES string of the molecule is CCn1cc(C(C)NCc2cccc(S(N)(=O)=O)c2)cn1. The summed E-state index contributed by atoms with van der Waals surface area (Å²) in [4.78, 5) is 0.133. The van der Waals surface area contributed by atoms with Crippen LogP contribution in [0, 0.1) is 0 Å². The van der Waals surface area contributed by atoms with Gasteiger partial charge in [-0.25, -0.2) is 13.6 Å². The number of aromatic nitrogens is 2. The van der Waals surface area contributed by atoms with Crippen LogP contribution < -0.4 is 10.5 Å². The first-order chi connectivity index (χ1) is 9.90. The average molecular weight is 308 g/mol. The van der Waals surface area contributed by atoms with Gasteiger partial charge in [-0.05, 0) is 31.5 Å². The molecule has 0 amide bonds. The number of primary sulfonamides is 1. The van der Waals surface area contributed by atoms with Crippen molar-refractivity contribution in [1.29, 1.82) is 0 Å². The maximum atomic E-state index is 11.3. The van der Waals surface area contributed by atoms with Gasteiger partial charge in [0.2, 0.25) is 10.0 Å². The third-order valence-electron chi connectivity index (χ3n) is 3.32. The first kappa shape index (κ1) is 15.7. The quantitative estimate of drug-likeness (QED) is 0.844. The molecule has 2 aromatic rings. The van der Waals surface area contributed by atoms with E-state index in [0.717, 1.165) is 17.7 Å². The molecule has 7 heteroatoms. The summed E-state index contributed by atoms with van der Waals surface area (Å²) in [6.45, 7) is 5.47. The summed E-state index contributed by atoms with van der Waals surface area (Å²) in [5.74, 6) is 0. The summed E-state index contributed by atoms with van der Waals surface area (Å²) in [7, 11) is -3.66. The van der Waals surface area contributed by atoms with Crippen molar-refractivity contribution in [1.82, 2.24) is 15.1 Å². The number of hydrogen-bond acceptors (Lipinski definition) is 4. The first-order valence-electron chi connectivity index (χ1n) is 6.77. The van der Waals surface area contributed by atoms with E-state index in [-0.39, 0.29) is 10.9 Å². The van der Waals surface area contributed by atoms with Gasteiger partial charge < -0.3 is 5.32 Å². The Balaban J connectivity index is 2.02. The minimum Gasteiger partial charge on any atom is -0.306 e. The van der Waals surface area contributed by atoms with Crippen LogP contribution in [-0.4, -0.2) is 18.2 Å². The topological polar surface area (TPSA) is 90.0 Å². The summed E-state index contributed by atoms with van der Waals surface area (Å²) in [6, 6.07) is 6.77. The summed E-state index contributed by atoms with van der Waals surface area (Å²) in [6.07, 6.45) is 3.83. The highest BCUT2D eigenvalue weighted by Crippen LogP contribution is 2.14. The van der Waals surface area contributed by atoms with Crippen molar-refractivity contribution in [3.05, 3.63) is 47.8 Å². The summed E-state index contributed by atoms with van der Waals surface area (Å²) >= 11 is 0. The predicted molar refractivity (Wildman–Crippen MR) is 81.0 cm³/mol. The second-order valence-corrected chi connectivity index (χ2v) is 6.49. The molecule has 1 atom stereocenters. The molecule has 21 heavy (non-hydrogen) atoms. The molecule has 0 fully saturated rings. The monoisotopic (exact) mass is 308 g/mol. The van der Waals surface area contributed by atoms with Crippen molar-refractivity contribution in [2.24, 2.45) is 5.14 Å². The second-order valence-electron chi connectivity index (χ2n) is 4.92. The molecule has 0 aliphatic rings. The predicted octanol–water partition coefficient (Wildman–Crippen LogP) is 1.40. The summed E-state index contributed by atoms with van der Waals surface area (Å²) in [5, 5.41) is 12.7. The van der Waals surface area contributed by atoms with Crippen molar-refractivity contribution in [3.63, 3.8) is 0 Å². The Morgan fingerprint density at radius 1 is 1.43 bits per heavy atom. The van der Waals surface area contributed by atoms with Gasteiger partial charge in [0, 0.05) is 30.9 Å². The lowest BCUT2D eigenvalue weighted by Crippen LogP contribution is -2.18. The zero-order valence-corrected chi connectivity index (χ0v) is 13.0. The standard InChI is InChI=1S/C14H20N4O2S/c1-3-18-10-13(9-17-18)11(2)16-8-12-5-4-6-14(7-12)21(15,19)20/h4-7,9-11,16H,3,8H2,1-2H3,(H2,15,19,20). The Morgan fingerprint density at radius 2 is 2.19 bits per heavy atom. The van der Waals surface area contributed by atoms with Crippen LogP contribution in [0.5, 0.6) is 0 Å². The van der Waals surface area contributed by atoms with Crippen molar-refractivity contribution in [3.8, 4) is 0 Å². The Bertz CT molecular complexity index is 709. The largest absolute Gasteiger partial charge is 0.306 e. The van der Waals surface area contributed by atoms with Crippen LogP contribution in [0.1, 0.15) is 31.0 Å². The van der Waals surface area contributed by atoms with E-state index < -0.39 is 10.0 Å². The van der Waals surface area contributed by atoms with E-state index in [2.05, 4.69) is 10.4 Å². The lowest BCUT2D eigenvalue weighted by atomic mass is 10.1. The fraction of sp³-hybridized carbons (Fsp3) is 0.357. The van der Waals surface area contributed by atoms with Crippen LogP contribution in [0.15, 0.2) is 41.6 Å². The van der Waals surface area contributed by atoms with Crippen LogP contribution in [0.2, 0.25) is 0 Å². The molecule has 114 valence electrons. The number of aryl methyl sites for hydroxylation is 1. The van der Waals surface area contributed by atoms with Crippen LogP contribution in [0.25, 0.3) is 0 Å². The maximum absolute atomic E-state index is 11.3. The van der Waals surface area contributed by atoms with Gasteiger partial charge in [0.1, 0.15) is 0 Å². The number of benzene rings is 1. The molecule has 0 spiro atoms. The molecule has 0 aliphatic carbocycles. The minimum absolute atomic E-state index is 0.128. The molecule has 0 bridgehead atoms. The number of rotatable bonds is 6. The molecule has 1 heterocycles. The normalized spacial score (nSPS) is 13.3. The van der Waals surface area contributed by atoms with Gasteiger partial charge in [0.15, 0.2) is 0 Å². The zero-order chi connectivity index (χ0) is 15.5. The molecule has 0 radical (unpaired) electrons. The number of nitrogens with zero attached hydrogens (tertiary/aromatic N) is 2. The van der Waals surface area contributed by atoms with Gasteiger partial charge in [-0.3, -0.25) is 4.68 Å². The molecule has 1 aromatic heterocycles. The van der Waals surface area contributed by atoms with Crippen molar-refractivity contribution < 1.29 is 8.42 Å².